The van der Waals surface area contributed by atoms with Crippen molar-refractivity contribution in [1.29, 1.82) is 0 Å². The maximum absolute atomic E-state index is 12.5. The van der Waals surface area contributed by atoms with Gasteiger partial charge in [0.15, 0.2) is 16.9 Å². The monoisotopic (exact) mass is 268 g/mol. The minimum Gasteiger partial charge on any atom is -0.460 e. The van der Waals surface area contributed by atoms with Crippen LogP contribution in [0.1, 0.15) is 37.6 Å². The van der Waals surface area contributed by atoms with Crippen LogP contribution in [0.4, 0.5) is 0 Å². The molecule has 1 aliphatic carbocycles. The smallest absolute Gasteiger partial charge is 0.229 e. The van der Waals surface area contributed by atoms with Gasteiger partial charge in [-0.3, -0.25) is 9.59 Å². The number of carbonyl (C=O) groups is 2. The number of ketones is 2. The Morgan fingerprint density at radius 2 is 1.70 bits per heavy atom. The molecule has 5 heteroatoms. The van der Waals surface area contributed by atoms with E-state index < -0.39 is 0 Å². The van der Waals surface area contributed by atoms with E-state index in [0.717, 1.165) is 0 Å². The van der Waals surface area contributed by atoms with E-state index >= 15 is 0 Å². The second-order valence-corrected chi connectivity index (χ2v) is 4.59. The number of hydrogen-bond donors (Lipinski definition) is 1. The third kappa shape index (κ3) is 1.20. The molecule has 0 radical (unpaired) electrons. The molecule has 20 heavy (non-hydrogen) atoms. The second kappa shape index (κ2) is 3.68. The topological polar surface area (TPSA) is 80.7 Å². The molecule has 0 saturated heterocycles. The number of benzene rings is 1. The van der Waals surface area contributed by atoms with Gasteiger partial charge in [0.1, 0.15) is 11.8 Å². The first kappa shape index (κ1) is 11.2. The SMILES string of the molecule is O=C1c2ccccc2C(=O)c2c1oc1c(CO)coc21. The van der Waals surface area contributed by atoms with Crippen molar-refractivity contribution in [1.82, 2.24) is 0 Å². The Bertz CT molecular complexity index is 881. The third-order valence-corrected chi connectivity index (χ3v) is 3.50. The van der Waals surface area contributed by atoms with Gasteiger partial charge in [0.2, 0.25) is 11.6 Å². The molecular weight excluding hydrogens is 260 g/mol. The van der Waals surface area contributed by atoms with E-state index in [4.69, 9.17) is 8.83 Å². The number of aliphatic hydroxyl groups is 1. The highest BCUT2D eigenvalue weighted by Crippen LogP contribution is 2.36. The Balaban J connectivity index is 2.08. The van der Waals surface area contributed by atoms with Crippen molar-refractivity contribution < 1.29 is 23.5 Å². The van der Waals surface area contributed by atoms with Crippen LogP contribution in [-0.4, -0.2) is 16.7 Å². The Kier molecular flexibility index (Phi) is 2.06. The van der Waals surface area contributed by atoms with Crippen molar-refractivity contribution in [3.05, 3.63) is 58.5 Å². The van der Waals surface area contributed by atoms with Gasteiger partial charge in [-0.2, -0.15) is 0 Å². The molecule has 1 N–H and O–H groups in total. The van der Waals surface area contributed by atoms with E-state index in [1.807, 2.05) is 0 Å². The minimum absolute atomic E-state index is 0.0160. The molecule has 0 saturated carbocycles. The summed E-state index contributed by atoms with van der Waals surface area (Å²) in [5, 5.41) is 9.20. The van der Waals surface area contributed by atoms with E-state index in [1.54, 1.807) is 24.3 Å². The Morgan fingerprint density at radius 3 is 2.40 bits per heavy atom. The quantitative estimate of drug-likeness (QED) is 0.573. The summed E-state index contributed by atoms with van der Waals surface area (Å²) in [4.78, 5) is 24.9. The van der Waals surface area contributed by atoms with Gasteiger partial charge in [-0.1, -0.05) is 24.3 Å². The van der Waals surface area contributed by atoms with E-state index in [9.17, 15) is 14.7 Å². The second-order valence-electron chi connectivity index (χ2n) is 4.59. The van der Waals surface area contributed by atoms with Crippen LogP contribution in [0.5, 0.6) is 0 Å². The lowest BCUT2D eigenvalue weighted by molar-refractivity contribution is 0.0961. The summed E-state index contributed by atoms with van der Waals surface area (Å²) in [7, 11) is 0. The van der Waals surface area contributed by atoms with E-state index in [0.29, 0.717) is 16.7 Å². The molecule has 2 aromatic heterocycles. The van der Waals surface area contributed by atoms with Gasteiger partial charge < -0.3 is 13.9 Å². The molecule has 0 spiro atoms. The molecule has 4 rings (SSSR count). The first-order chi connectivity index (χ1) is 9.72. The molecule has 0 amide bonds. The first-order valence-electron chi connectivity index (χ1n) is 6.04. The molecule has 0 unspecified atom stereocenters. The van der Waals surface area contributed by atoms with Crippen LogP contribution >= 0.6 is 0 Å². The molecule has 0 atom stereocenters. The average Bonchev–Trinajstić information content (AvgIpc) is 3.03. The first-order valence-corrected chi connectivity index (χ1v) is 6.04. The summed E-state index contributed by atoms with van der Waals surface area (Å²) in [5.41, 5.74) is 1.70. The Hall–Kier alpha value is -2.66. The lowest BCUT2D eigenvalue weighted by atomic mass is 9.88. The van der Waals surface area contributed by atoms with Gasteiger partial charge >= 0.3 is 0 Å². The Morgan fingerprint density at radius 1 is 1.00 bits per heavy atom. The number of hydrogen-bond acceptors (Lipinski definition) is 5. The number of furan rings is 2. The number of carbonyl (C=O) groups excluding carboxylic acids is 2. The maximum Gasteiger partial charge on any atom is 0.229 e. The molecule has 98 valence electrons. The van der Waals surface area contributed by atoms with Gasteiger partial charge in [-0.25, -0.2) is 0 Å². The molecule has 2 heterocycles. The fourth-order valence-corrected chi connectivity index (χ4v) is 2.53. The molecule has 0 fully saturated rings. The zero-order valence-electron chi connectivity index (χ0n) is 10.2. The van der Waals surface area contributed by atoms with Crippen LogP contribution in [0.3, 0.4) is 0 Å². The summed E-state index contributed by atoms with van der Waals surface area (Å²) in [5.74, 6) is -0.656. The van der Waals surface area contributed by atoms with Gasteiger partial charge in [0, 0.05) is 11.1 Å². The van der Waals surface area contributed by atoms with Gasteiger partial charge in [-0.15, -0.1) is 0 Å². The molecule has 1 aliphatic rings. The predicted molar refractivity (Wildman–Crippen MR) is 67.7 cm³/mol. The largest absolute Gasteiger partial charge is 0.460 e. The van der Waals surface area contributed by atoms with Crippen molar-refractivity contribution >= 4 is 22.7 Å². The highest BCUT2D eigenvalue weighted by Gasteiger charge is 2.37. The van der Waals surface area contributed by atoms with Crippen molar-refractivity contribution in [2.75, 3.05) is 0 Å². The highest BCUT2D eigenvalue weighted by atomic mass is 16.4. The van der Waals surface area contributed by atoms with E-state index in [1.165, 1.54) is 6.26 Å². The Labute approximate surface area is 112 Å². The lowest BCUT2D eigenvalue weighted by Gasteiger charge is -2.11. The maximum atomic E-state index is 12.5. The lowest BCUT2D eigenvalue weighted by Crippen LogP contribution is -2.19. The molecular formula is C15H8O5. The van der Waals surface area contributed by atoms with Gasteiger partial charge in [0.05, 0.1) is 12.2 Å². The summed E-state index contributed by atoms with van der Waals surface area (Å²) in [6.07, 6.45) is 1.33. The van der Waals surface area contributed by atoms with Crippen molar-refractivity contribution in [3.63, 3.8) is 0 Å². The summed E-state index contributed by atoms with van der Waals surface area (Å²) < 4.78 is 10.8. The molecule has 0 aliphatic heterocycles. The van der Waals surface area contributed by atoms with Crippen LogP contribution in [0.25, 0.3) is 11.2 Å². The summed E-state index contributed by atoms with van der Waals surface area (Å²) in [6, 6.07) is 6.60. The minimum atomic E-state index is -0.342. The van der Waals surface area contributed by atoms with Crippen molar-refractivity contribution in [2.24, 2.45) is 0 Å². The molecule has 3 aromatic rings. The van der Waals surface area contributed by atoms with Crippen LogP contribution in [0.2, 0.25) is 0 Å². The summed E-state index contributed by atoms with van der Waals surface area (Å²) in [6.45, 7) is -0.283. The fourth-order valence-electron chi connectivity index (χ4n) is 2.53. The van der Waals surface area contributed by atoms with Crippen molar-refractivity contribution in [3.8, 4) is 0 Å². The van der Waals surface area contributed by atoms with E-state index in [-0.39, 0.29) is 40.7 Å². The van der Waals surface area contributed by atoms with Gasteiger partial charge in [0.25, 0.3) is 0 Å². The number of fused-ring (bicyclic) bond motifs is 4. The number of aliphatic hydroxyl groups excluding tert-OH is 1. The van der Waals surface area contributed by atoms with Crippen LogP contribution in [0.15, 0.2) is 39.4 Å². The molecule has 0 bridgehead atoms. The fraction of sp³-hybridized carbons (Fsp3) is 0.0667. The van der Waals surface area contributed by atoms with Crippen LogP contribution in [-0.2, 0) is 6.61 Å². The molecule has 5 nitrogen and oxygen atoms in total. The average molecular weight is 268 g/mol. The van der Waals surface area contributed by atoms with Crippen LogP contribution < -0.4 is 0 Å². The third-order valence-electron chi connectivity index (χ3n) is 3.50. The normalized spacial score (nSPS) is 13.7. The zero-order valence-corrected chi connectivity index (χ0v) is 10.2. The number of rotatable bonds is 1. The molecule has 1 aromatic carbocycles. The summed E-state index contributed by atoms with van der Waals surface area (Å²) >= 11 is 0. The van der Waals surface area contributed by atoms with Gasteiger partial charge in [-0.05, 0) is 0 Å². The highest BCUT2D eigenvalue weighted by molar-refractivity contribution is 6.30. The standard InChI is InChI=1S/C15H8O5/c16-5-7-6-19-15-10-11(17)8-3-1-2-4-9(8)12(18)14(10)20-13(7)15/h1-4,6,16H,5H2. The van der Waals surface area contributed by atoms with Crippen molar-refractivity contribution in [2.45, 2.75) is 6.61 Å². The predicted octanol–water partition coefficient (Wildman–Crippen LogP) is 2.29. The van der Waals surface area contributed by atoms with E-state index in [2.05, 4.69) is 0 Å². The zero-order chi connectivity index (χ0) is 13.9. The van der Waals surface area contributed by atoms with Crippen LogP contribution in [0, 0.1) is 0 Å².